The Balaban J connectivity index is 1.73. The van der Waals surface area contributed by atoms with Crippen LogP contribution in [0, 0.1) is 0 Å². The van der Waals surface area contributed by atoms with Crippen molar-refractivity contribution in [3.05, 3.63) is 0 Å². The lowest BCUT2D eigenvalue weighted by Crippen LogP contribution is -1.98. The minimum absolute atomic E-state index is 0.176. The number of epoxide rings is 1. The molecule has 0 saturated carbocycles. The number of hydrogen-bond acceptors (Lipinski definition) is 2. The van der Waals surface area contributed by atoms with E-state index in [0.717, 1.165) is 6.42 Å². The predicted octanol–water partition coefficient (Wildman–Crippen LogP) is 2.89. The van der Waals surface area contributed by atoms with E-state index in [1.54, 1.807) is 0 Å². The minimum atomic E-state index is 0.176. The van der Waals surface area contributed by atoms with Gasteiger partial charge >= 0.3 is 0 Å². The summed E-state index contributed by atoms with van der Waals surface area (Å²) in [5.41, 5.74) is 0. The van der Waals surface area contributed by atoms with Crippen molar-refractivity contribution >= 4 is 0 Å². The number of unbranched alkanes of at least 4 members (excludes halogenated alkanes) is 6. The van der Waals surface area contributed by atoms with Crippen LogP contribution in [0.5, 0.6) is 0 Å². The highest BCUT2D eigenvalue weighted by Crippen LogP contribution is 2.26. The van der Waals surface area contributed by atoms with Gasteiger partial charge in [0.1, 0.15) is 6.10 Å². The van der Waals surface area contributed by atoms with Gasteiger partial charge in [0.05, 0.1) is 12.7 Å². The van der Waals surface area contributed by atoms with E-state index < -0.39 is 0 Å². The maximum Gasteiger partial charge on any atom is 0.107 e. The summed E-state index contributed by atoms with van der Waals surface area (Å²) < 4.78 is 5.26. The standard InChI is InChI=1S/C12H24O2/c1-2-3-4-5-6-7-8-9-11-12(10-13)14-11/h11-13H,2-10H2,1H3/t11-,12+/m0/s1. The zero-order chi connectivity index (χ0) is 10.2. The van der Waals surface area contributed by atoms with Crippen molar-refractivity contribution in [1.29, 1.82) is 0 Å². The number of aliphatic hydroxyl groups is 1. The van der Waals surface area contributed by atoms with E-state index in [2.05, 4.69) is 6.92 Å². The molecule has 1 heterocycles. The van der Waals surface area contributed by atoms with Crippen LogP contribution in [0.3, 0.4) is 0 Å². The van der Waals surface area contributed by atoms with Gasteiger partial charge in [-0.2, -0.15) is 0 Å². The number of hydrogen-bond donors (Lipinski definition) is 1. The second-order valence-corrected chi connectivity index (χ2v) is 4.31. The average molecular weight is 200 g/mol. The molecular weight excluding hydrogens is 176 g/mol. The van der Waals surface area contributed by atoms with Crippen molar-refractivity contribution in [1.82, 2.24) is 0 Å². The van der Waals surface area contributed by atoms with Crippen LogP contribution < -0.4 is 0 Å². The molecule has 0 aliphatic carbocycles. The van der Waals surface area contributed by atoms with Gasteiger partial charge in [-0.1, -0.05) is 51.9 Å². The molecular formula is C12H24O2. The monoisotopic (exact) mass is 200 g/mol. The minimum Gasteiger partial charge on any atom is -0.394 e. The molecule has 14 heavy (non-hydrogen) atoms. The molecule has 1 fully saturated rings. The number of ether oxygens (including phenoxy) is 1. The van der Waals surface area contributed by atoms with Gasteiger partial charge in [-0.25, -0.2) is 0 Å². The smallest absolute Gasteiger partial charge is 0.107 e. The van der Waals surface area contributed by atoms with E-state index in [1.807, 2.05) is 0 Å². The van der Waals surface area contributed by atoms with Gasteiger partial charge in [-0.15, -0.1) is 0 Å². The maximum atomic E-state index is 8.75. The fourth-order valence-electron chi connectivity index (χ4n) is 1.90. The molecule has 0 aromatic rings. The first kappa shape index (κ1) is 12.0. The molecule has 0 spiro atoms. The molecule has 0 aromatic heterocycles. The third-order valence-electron chi connectivity index (χ3n) is 2.96. The molecule has 0 radical (unpaired) electrons. The first-order valence-corrected chi connectivity index (χ1v) is 6.14. The Labute approximate surface area is 87.7 Å². The Hall–Kier alpha value is -0.0800. The lowest BCUT2D eigenvalue weighted by Gasteiger charge is -1.99. The van der Waals surface area contributed by atoms with Crippen LogP contribution in [-0.2, 0) is 4.74 Å². The summed E-state index contributed by atoms with van der Waals surface area (Å²) in [7, 11) is 0. The van der Waals surface area contributed by atoms with E-state index in [-0.39, 0.29) is 12.7 Å². The SMILES string of the molecule is CCCCCCCCC[C@@H]1O[C@@H]1CO. The normalized spacial score (nSPS) is 25.3. The quantitative estimate of drug-likeness (QED) is 0.458. The summed E-state index contributed by atoms with van der Waals surface area (Å²) in [4.78, 5) is 0. The second kappa shape index (κ2) is 7.24. The molecule has 1 N–H and O–H groups in total. The van der Waals surface area contributed by atoms with Gasteiger partial charge < -0.3 is 9.84 Å². The summed E-state index contributed by atoms with van der Waals surface area (Å²) in [6, 6.07) is 0. The fourth-order valence-corrected chi connectivity index (χ4v) is 1.90. The van der Waals surface area contributed by atoms with E-state index >= 15 is 0 Å². The largest absolute Gasteiger partial charge is 0.394 e. The third-order valence-corrected chi connectivity index (χ3v) is 2.96. The van der Waals surface area contributed by atoms with Gasteiger partial charge in [0.2, 0.25) is 0 Å². The van der Waals surface area contributed by atoms with Crippen molar-refractivity contribution in [3.63, 3.8) is 0 Å². The zero-order valence-electron chi connectivity index (χ0n) is 9.37. The fraction of sp³-hybridized carbons (Fsp3) is 1.00. The highest BCUT2D eigenvalue weighted by molar-refractivity contribution is 4.83. The third kappa shape index (κ3) is 4.97. The summed E-state index contributed by atoms with van der Waals surface area (Å²) in [5, 5.41) is 8.75. The van der Waals surface area contributed by atoms with Gasteiger partial charge in [-0.05, 0) is 6.42 Å². The van der Waals surface area contributed by atoms with E-state index in [1.165, 1.54) is 44.9 Å². The van der Waals surface area contributed by atoms with Gasteiger partial charge in [0.15, 0.2) is 0 Å². The summed E-state index contributed by atoms with van der Waals surface area (Å²) >= 11 is 0. The lowest BCUT2D eigenvalue weighted by atomic mass is 10.1. The van der Waals surface area contributed by atoms with Gasteiger partial charge in [0.25, 0.3) is 0 Å². The number of aliphatic hydroxyl groups excluding tert-OH is 1. The highest BCUT2D eigenvalue weighted by atomic mass is 16.6. The summed E-state index contributed by atoms with van der Waals surface area (Å²) in [6.07, 6.45) is 11.2. The van der Waals surface area contributed by atoms with Crippen molar-refractivity contribution < 1.29 is 9.84 Å². The summed E-state index contributed by atoms with van der Waals surface area (Å²) in [5.74, 6) is 0. The topological polar surface area (TPSA) is 32.8 Å². The molecule has 0 aromatic carbocycles. The van der Waals surface area contributed by atoms with Crippen LogP contribution >= 0.6 is 0 Å². The van der Waals surface area contributed by atoms with Gasteiger partial charge in [-0.3, -0.25) is 0 Å². The van der Waals surface area contributed by atoms with Crippen LogP contribution in [0.15, 0.2) is 0 Å². The van der Waals surface area contributed by atoms with Crippen LogP contribution in [-0.4, -0.2) is 23.9 Å². The molecule has 2 heteroatoms. The first-order chi connectivity index (χ1) is 6.88. The molecule has 2 nitrogen and oxygen atoms in total. The first-order valence-electron chi connectivity index (χ1n) is 6.14. The zero-order valence-corrected chi connectivity index (χ0v) is 9.37. The van der Waals surface area contributed by atoms with Crippen molar-refractivity contribution in [2.45, 2.75) is 70.5 Å². The van der Waals surface area contributed by atoms with Crippen LogP contribution in [0.4, 0.5) is 0 Å². The Kier molecular flexibility index (Phi) is 6.20. The maximum absolute atomic E-state index is 8.75. The second-order valence-electron chi connectivity index (χ2n) is 4.31. The van der Waals surface area contributed by atoms with Crippen molar-refractivity contribution in [3.8, 4) is 0 Å². The molecule has 1 rings (SSSR count). The van der Waals surface area contributed by atoms with E-state index in [0.29, 0.717) is 6.10 Å². The van der Waals surface area contributed by atoms with Crippen LogP contribution in [0.1, 0.15) is 58.3 Å². The molecule has 0 amide bonds. The summed E-state index contributed by atoms with van der Waals surface area (Å²) in [6.45, 7) is 2.46. The molecule has 2 atom stereocenters. The van der Waals surface area contributed by atoms with Gasteiger partial charge in [0, 0.05) is 0 Å². The van der Waals surface area contributed by atoms with Crippen LogP contribution in [0.2, 0.25) is 0 Å². The van der Waals surface area contributed by atoms with Crippen molar-refractivity contribution in [2.24, 2.45) is 0 Å². The predicted molar refractivity (Wildman–Crippen MR) is 58.4 cm³/mol. The molecule has 1 aliphatic rings. The molecule has 0 unspecified atom stereocenters. The molecule has 1 saturated heterocycles. The molecule has 0 bridgehead atoms. The Morgan fingerprint density at radius 1 is 0.929 bits per heavy atom. The van der Waals surface area contributed by atoms with E-state index in [9.17, 15) is 0 Å². The van der Waals surface area contributed by atoms with Crippen molar-refractivity contribution in [2.75, 3.05) is 6.61 Å². The van der Waals surface area contributed by atoms with Crippen LogP contribution in [0.25, 0.3) is 0 Å². The average Bonchev–Trinajstić information content (AvgIpc) is 2.95. The highest BCUT2D eigenvalue weighted by Gasteiger charge is 2.36. The Morgan fingerprint density at radius 3 is 2.14 bits per heavy atom. The molecule has 84 valence electrons. The lowest BCUT2D eigenvalue weighted by molar-refractivity contribution is 0.241. The Bertz CT molecular complexity index is 136. The number of rotatable bonds is 9. The molecule has 1 aliphatic heterocycles. The van der Waals surface area contributed by atoms with E-state index in [4.69, 9.17) is 9.84 Å². The Morgan fingerprint density at radius 2 is 1.57 bits per heavy atom.